The third-order valence-corrected chi connectivity index (χ3v) is 4.43. The van der Waals surface area contributed by atoms with Gasteiger partial charge in [0.1, 0.15) is 5.75 Å². The first kappa shape index (κ1) is 15.3. The number of Topliss-reactive ketones (excluding diaryl/α,β-unsaturated/α-hetero) is 1. The van der Waals surface area contributed by atoms with Gasteiger partial charge in [-0.15, -0.1) is 0 Å². The quantitative estimate of drug-likeness (QED) is 0.682. The molecule has 4 heteroatoms. The lowest BCUT2D eigenvalue weighted by Gasteiger charge is -2.09. The van der Waals surface area contributed by atoms with E-state index >= 15 is 0 Å². The third kappa shape index (κ3) is 3.49. The maximum absolute atomic E-state index is 12.4. The monoisotopic (exact) mass is 396 g/mol. The van der Waals surface area contributed by atoms with Crippen molar-refractivity contribution in [2.75, 3.05) is 7.11 Å². The summed E-state index contributed by atoms with van der Waals surface area (Å²) in [5.74, 6) is 0.801. The molecule has 20 heavy (non-hydrogen) atoms. The molecule has 2 aromatic carbocycles. The first-order valence-electron chi connectivity index (χ1n) is 6.13. The molecule has 0 spiro atoms. The Labute approximate surface area is 135 Å². The van der Waals surface area contributed by atoms with Crippen molar-refractivity contribution in [3.8, 4) is 5.75 Å². The molecule has 0 bridgehead atoms. The molecule has 0 amide bonds. The number of carbonyl (C=O) groups excluding carboxylic acids is 1. The molecule has 0 fully saturated rings. The van der Waals surface area contributed by atoms with Crippen molar-refractivity contribution in [3.05, 3.63) is 62.0 Å². The molecule has 0 saturated carbocycles. The molecule has 2 aromatic rings. The molecular weight excluding hydrogens is 384 g/mol. The molecule has 104 valence electrons. The Morgan fingerprint density at radius 3 is 2.55 bits per heavy atom. The van der Waals surface area contributed by atoms with Gasteiger partial charge in [-0.1, -0.05) is 44.0 Å². The summed E-state index contributed by atoms with van der Waals surface area (Å²) in [5.41, 5.74) is 2.69. The van der Waals surface area contributed by atoms with E-state index in [9.17, 15) is 4.79 Å². The molecule has 0 unspecified atom stereocenters. The van der Waals surface area contributed by atoms with Crippen molar-refractivity contribution in [1.29, 1.82) is 0 Å². The van der Waals surface area contributed by atoms with Gasteiger partial charge in [0.2, 0.25) is 0 Å². The lowest BCUT2D eigenvalue weighted by molar-refractivity contribution is 0.0992. The highest BCUT2D eigenvalue weighted by Gasteiger charge is 2.12. The van der Waals surface area contributed by atoms with E-state index in [2.05, 4.69) is 31.9 Å². The number of ketones is 1. The zero-order valence-electron chi connectivity index (χ0n) is 11.2. The highest BCUT2D eigenvalue weighted by Crippen LogP contribution is 2.25. The first-order chi connectivity index (χ1) is 9.51. The summed E-state index contributed by atoms with van der Waals surface area (Å²) in [5, 5.41) is 0. The summed E-state index contributed by atoms with van der Waals surface area (Å²) < 4.78 is 7.18. The normalized spacial score (nSPS) is 10.4. The van der Waals surface area contributed by atoms with Gasteiger partial charge < -0.3 is 4.74 Å². The van der Waals surface area contributed by atoms with E-state index in [-0.39, 0.29) is 5.78 Å². The molecule has 0 aliphatic heterocycles. The zero-order valence-corrected chi connectivity index (χ0v) is 14.4. The second-order valence-corrected chi connectivity index (χ2v) is 6.29. The number of carbonyl (C=O) groups is 1. The largest absolute Gasteiger partial charge is 0.496 e. The Kier molecular flexibility index (Phi) is 5.00. The van der Waals surface area contributed by atoms with Crippen LogP contribution in [0.3, 0.4) is 0 Å². The predicted molar refractivity (Wildman–Crippen MR) is 87.6 cm³/mol. The maximum Gasteiger partial charge on any atom is 0.167 e. The summed E-state index contributed by atoms with van der Waals surface area (Å²) in [4.78, 5) is 12.4. The van der Waals surface area contributed by atoms with Crippen LogP contribution in [0.2, 0.25) is 0 Å². The van der Waals surface area contributed by atoms with Crippen LogP contribution in [-0.2, 0) is 6.42 Å². The minimum atomic E-state index is 0.0714. The fourth-order valence-electron chi connectivity index (χ4n) is 1.93. The second kappa shape index (κ2) is 6.55. The van der Waals surface area contributed by atoms with E-state index in [4.69, 9.17) is 4.74 Å². The van der Waals surface area contributed by atoms with E-state index in [1.165, 1.54) is 0 Å². The molecule has 0 atom stereocenters. The first-order valence-corrected chi connectivity index (χ1v) is 7.71. The Balaban J connectivity index is 2.27. The van der Waals surface area contributed by atoms with Crippen molar-refractivity contribution in [2.24, 2.45) is 0 Å². The third-order valence-electron chi connectivity index (χ3n) is 3.09. The fraction of sp³-hybridized carbons (Fsp3) is 0.188. The SMILES string of the molecule is COc1ccc(Br)cc1CC(=O)c1ccc(C)c(Br)c1. The van der Waals surface area contributed by atoms with Gasteiger partial charge in [0.15, 0.2) is 5.78 Å². The van der Waals surface area contributed by atoms with Crippen LogP contribution in [0.15, 0.2) is 45.3 Å². The van der Waals surface area contributed by atoms with Gasteiger partial charge in [0, 0.05) is 26.5 Å². The lowest BCUT2D eigenvalue weighted by atomic mass is 10.0. The highest BCUT2D eigenvalue weighted by molar-refractivity contribution is 9.10. The van der Waals surface area contributed by atoms with Crippen molar-refractivity contribution in [1.82, 2.24) is 0 Å². The summed E-state index contributed by atoms with van der Waals surface area (Å²) in [6.45, 7) is 2.00. The maximum atomic E-state index is 12.4. The Hall–Kier alpha value is -1.13. The number of hydrogen-bond acceptors (Lipinski definition) is 2. The van der Waals surface area contributed by atoms with Crippen LogP contribution in [0, 0.1) is 6.92 Å². The standard InChI is InChI=1S/C16H14Br2O2/c1-10-3-4-11(8-14(10)18)15(19)9-12-7-13(17)5-6-16(12)20-2/h3-8H,9H2,1-2H3. The molecule has 2 rings (SSSR count). The summed E-state index contributed by atoms with van der Waals surface area (Å²) in [6, 6.07) is 11.3. The Bertz CT molecular complexity index is 651. The number of aryl methyl sites for hydroxylation is 1. The molecule has 0 N–H and O–H groups in total. The van der Waals surface area contributed by atoms with Gasteiger partial charge in [-0.05, 0) is 36.8 Å². The van der Waals surface area contributed by atoms with Crippen LogP contribution in [0.4, 0.5) is 0 Å². The molecule has 0 saturated heterocycles. The Morgan fingerprint density at radius 2 is 1.90 bits per heavy atom. The van der Waals surface area contributed by atoms with E-state index in [0.717, 1.165) is 25.8 Å². The van der Waals surface area contributed by atoms with Crippen LogP contribution >= 0.6 is 31.9 Å². The fourth-order valence-corrected chi connectivity index (χ4v) is 2.71. The van der Waals surface area contributed by atoms with Crippen LogP contribution in [-0.4, -0.2) is 12.9 Å². The van der Waals surface area contributed by atoms with E-state index in [0.29, 0.717) is 12.0 Å². The molecule has 0 heterocycles. The smallest absolute Gasteiger partial charge is 0.167 e. The Morgan fingerprint density at radius 1 is 1.15 bits per heavy atom. The zero-order chi connectivity index (χ0) is 14.7. The summed E-state index contributed by atoms with van der Waals surface area (Å²) >= 11 is 6.87. The molecular formula is C16H14Br2O2. The molecule has 0 aromatic heterocycles. The van der Waals surface area contributed by atoms with Crippen LogP contribution < -0.4 is 4.74 Å². The van der Waals surface area contributed by atoms with Gasteiger partial charge in [0.25, 0.3) is 0 Å². The van der Waals surface area contributed by atoms with Crippen LogP contribution in [0.1, 0.15) is 21.5 Å². The number of methoxy groups -OCH3 is 1. The van der Waals surface area contributed by atoms with E-state index < -0.39 is 0 Å². The molecule has 0 radical (unpaired) electrons. The van der Waals surface area contributed by atoms with E-state index in [1.807, 2.05) is 43.3 Å². The summed E-state index contributed by atoms with van der Waals surface area (Å²) in [7, 11) is 1.61. The summed E-state index contributed by atoms with van der Waals surface area (Å²) in [6.07, 6.45) is 0.318. The van der Waals surface area contributed by atoms with Crippen molar-refractivity contribution >= 4 is 37.6 Å². The van der Waals surface area contributed by atoms with Crippen molar-refractivity contribution < 1.29 is 9.53 Å². The molecule has 2 nitrogen and oxygen atoms in total. The predicted octanol–water partition coefficient (Wildman–Crippen LogP) is 4.95. The lowest BCUT2D eigenvalue weighted by Crippen LogP contribution is -2.05. The highest BCUT2D eigenvalue weighted by atomic mass is 79.9. The van der Waals surface area contributed by atoms with Crippen LogP contribution in [0.25, 0.3) is 0 Å². The topological polar surface area (TPSA) is 26.3 Å². The van der Waals surface area contributed by atoms with Crippen molar-refractivity contribution in [3.63, 3.8) is 0 Å². The van der Waals surface area contributed by atoms with Gasteiger partial charge in [0.05, 0.1) is 7.11 Å². The van der Waals surface area contributed by atoms with Crippen molar-refractivity contribution in [2.45, 2.75) is 13.3 Å². The van der Waals surface area contributed by atoms with Gasteiger partial charge in [-0.2, -0.15) is 0 Å². The van der Waals surface area contributed by atoms with Crippen LogP contribution in [0.5, 0.6) is 5.75 Å². The number of halogens is 2. The minimum absolute atomic E-state index is 0.0714. The average molecular weight is 398 g/mol. The van der Waals surface area contributed by atoms with Gasteiger partial charge in [-0.25, -0.2) is 0 Å². The molecule has 0 aliphatic carbocycles. The minimum Gasteiger partial charge on any atom is -0.496 e. The van der Waals surface area contributed by atoms with Gasteiger partial charge >= 0.3 is 0 Å². The average Bonchev–Trinajstić information content (AvgIpc) is 2.42. The number of hydrogen-bond donors (Lipinski definition) is 0. The second-order valence-electron chi connectivity index (χ2n) is 4.52. The number of rotatable bonds is 4. The van der Waals surface area contributed by atoms with E-state index in [1.54, 1.807) is 7.11 Å². The van der Waals surface area contributed by atoms with Gasteiger partial charge in [-0.3, -0.25) is 4.79 Å². The molecule has 0 aliphatic rings. The number of ether oxygens (including phenoxy) is 1. The number of benzene rings is 2.